The van der Waals surface area contributed by atoms with E-state index >= 15 is 0 Å². The van der Waals surface area contributed by atoms with Crippen molar-refractivity contribution in [1.82, 2.24) is 0 Å². The van der Waals surface area contributed by atoms with E-state index in [-0.39, 0.29) is 5.04 Å². The Morgan fingerprint density at radius 2 is 1.75 bits per heavy atom. The van der Waals surface area contributed by atoms with Gasteiger partial charge in [-0.3, -0.25) is 0 Å². The number of hydrogen-bond donors (Lipinski definition) is 0. The number of hydrogen-bond acceptors (Lipinski definition) is 1. The largest absolute Gasteiger partial charge is 0.395 e. The lowest BCUT2D eigenvalue weighted by Gasteiger charge is -2.30. The second-order valence-electron chi connectivity index (χ2n) is 3.97. The molecule has 0 heterocycles. The van der Waals surface area contributed by atoms with Crippen molar-refractivity contribution in [3.8, 4) is 0 Å². The summed E-state index contributed by atoms with van der Waals surface area (Å²) < 4.78 is 5.50. The topological polar surface area (TPSA) is 9.23 Å². The molecule has 74 valence electrons. The Morgan fingerprint density at radius 3 is 2.08 bits per heavy atom. The summed E-state index contributed by atoms with van der Waals surface area (Å²) in [6.07, 6.45) is 2.15. The van der Waals surface area contributed by atoms with Crippen LogP contribution in [0.2, 0.25) is 5.04 Å². The molecule has 0 rings (SSSR count). The van der Waals surface area contributed by atoms with Crippen molar-refractivity contribution in [1.29, 1.82) is 0 Å². The van der Waals surface area contributed by atoms with Crippen LogP contribution in [0.15, 0.2) is 0 Å². The predicted molar refractivity (Wildman–Crippen MR) is 58.0 cm³/mol. The van der Waals surface area contributed by atoms with Gasteiger partial charge in [-0.2, -0.15) is 0 Å². The third-order valence-corrected chi connectivity index (χ3v) is 8.02. The standard InChI is InChI=1S/C8H18Cl2OSi/c1-5-6-7-11-12(9,10)8(2,3)4/h5-7H2,1-4H3. The number of halogens is 2. The van der Waals surface area contributed by atoms with Gasteiger partial charge in [0.2, 0.25) is 0 Å². The molecule has 0 bridgehead atoms. The molecule has 0 fully saturated rings. The number of unbranched alkanes of at least 4 members (excludes halogenated alkanes) is 1. The van der Waals surface area contributed by atoms with Crippen molar-refractivity contribution in [2.24, 2.45) is 0 Å². The molecule has 1 nitrogen and oxygen atoms in total. The van der Waals surface area contributed by atoms with Gasteiger partial charge in [0.15, 0.2) is 0 Å². The van der Waals surface area contributed by atoms with Gasteiger partial charge in [0.05, 0.1) is 0 Å². The molecule has 0 aliphatic carbocycles. The van der Waals surface area contributed by atoms with Crippen LogP contribution >= 0.6 is 22.2 Å². The quantitative estimate of drug-likeness (QED) is 0.402. The van der Waals surface area contributed by atoms with E-state index in [2.05, 4.69) is 6.92 Å². The first-order chi connectivity index (χ1) is 5.31. The maximum absolute atomic E-state index is 6.13. The van der Waals surface area contributed by atoms with Crippen LogP contribution < -0.4 is 0 Å². The second kappa shape index (κ2) is 4.84. The van der Waals surface area contributed by atoms with Crippen molar-refractivity contribution in [3.63, 3.8) is 0 Å². The molecule has 0 atom stereocenters. The second-order valence-corrected chi connectivity index (χ2v) is 10.6. The summed E-state index contributed by atoms with van der Waals surface area (Å²) in [6, 6.07) is 0. The summed E-state index contributed by atoms with van der Waals surface area (Å²) in [5.41, 5.74) is 0. The lowest BCUT2D eigenvalue weighted by atomic mass is 10.3. The van der Waals surface area contributed by atoms with Crippen molar-refractivity contribution in [3.05, 3.63) is 0 Å². The van der Waals surface area contributed by atoms with Crippen LogP contribution in [0.5, 0.6) is 0 Å². The van der Waals surface area contributed by atoms with Crippen LogP contribution in [0.4, 0.5) is 0 Å². The third-order valence-electron chi connectivity index (χ3n) is 1.65. The normalized spacial score (nSPS) is 13.5. The van der Waals surface area contributed by atoms with Crippen LogP contribution in [0.3, 0.4) is 0 Å². The fourth-order valence-corrected chi connectivity index (χ4v) is 1.86. The molecule has 0 aromatic rings. The molecular formula is C8H18Cl2OSi. The first kappa shape index (κ1) is 12.8. The average molecular weight is 229 g/mol. The minimum atomic E-state index is -2.50. The Bertz CT molecular complexity index is 132. The molecule has 0 N–H and O–H groups in total. The molecule has 4 heteroatoms. The molecule has 0 unspecified atom stereocenters. The number of rotatable bonds is 4. The third kappa shape index (κ3) is 4.12. The lowest BCUT2D eigenvalue weighted by molar-refractivity contribution is 0.300. The average Bonchev–Trinajstić information content (AvgIpc) is 1.85. The first-order valence-corrected chi connectivity index (χ1v) is 8.26. The summed E-state index contributed by atoms with van der Waals surface area (Å²) >= 11 is 12.3. The van der Waals surface area contributed by atoms with Crippen LogP contribution in [-0.2, 0) is 4.43 Å². The molecule has 12 heavy (non-hydrogen) atoms. The highest BCUT2D eigenvalue weighted by molar-refractivity contribution is 7.43. The Balaban J connectivity index is 3.88. The maximum atomic E-state index is 6.13. The van der Waals surface area contributed by atoms with Gasteiger partial charge >= 0.3 is 6.94 Å². The summed E-state index contributed by atoms with van der Waals surface area (Å²) in [5, 5.41) is -0.107. The molecule has 0 amide bonds. The van der Waals surface area contributed by atoms with E-state index in [0.29, 0.717) is 6.61 Å². The Hall–Kier alpha value is 0.757. The molecule has 0 radical (unpaired) electrons. The van der Waals surface area contributed by atoms with Crippen molar-refractivity contribution in [2.75, 3.05) is 6.61 Å². The lowest BCUT2D eigenvalue weighted by Crippen LogP contribution is -2.36. The maximum Gasteiger partial charge on any atom is 0.395 e. The van der Waals surface area contributed by atoms with Crippen LogP contribution in [0.1, 0.15) is 40.5 Å². The van der Waals surface area contributed by atoms with E-state index in [1.54, 1.807) is 0 Å². The van der Waals surface area contributed by atoms with Gasteiger partial charge in [-0.1, -0.05) is 34.1 Å². The molecule has 0 aromatic carbocycles. The van der Waals surface area contributed by atoms with Crippen molar-refractivity contribution >= 4 is 29.1 Å². The van der Waals surface area contributed by atoms with E-state index < -0.39 is 6.94 Å². The van der Waals surface area contributed by atoms with Gasteiger partial charge in [-0.05, 0) is 6.42 Å². The first-order valence-electron chi connectivity index (χ1n) is 4.33. The molecule has 0 aliphatic rings. The van der Waals surface area contributed by atoms with Crippen molar-refractivity contribution in [2.45, 2.75) is 45.6 Å². The summed E-state index contributed by atoms with van der Waals surface area (Å²) in [4.78, 5) is 0. The SMILES string of the molecule is CCCCO[Si](Cl)(Cl)C(C)(C)C. The fraction of sp³-hybridized carbons (Fsp3) is 1.00. The highest BCUT2D eigenvalue weighted by Crippen LogP contribution is 2.42. The minimum Gasteiger partial charge on any atom is -0.392 e. The van der Waals surface area contributed by atoms with Crippen LogP contribution in [0.25, 0.3) is 0 Å². The van der Waals surface area contributed by atoms with Gasteiger partial charge in [-0.25, -0.2) is 0 Å². The highest BCUT2D eigenvalue weighted by atomic mass is 35.7. The van der Waals surface area contributed by atoms with Gasteiger partial charge < -0.3 is 4.43 Å². The zero-order valence-corrected chi connectivity index (χ0v) is 10.8. The van der Waals surface area contributed by atoms with E-state index in [4.69, 9.17) is 26.6 Å². The molecular weight excluding hydrogens is 211 g/mol. The van der Waals surface area contributed by atoms with E-state index in [1.165, 1.54) is 0 Å². The molecule has 0 saturated heterocycles. The van der Waals surface area contributed by atoms with E-state index in [9.17, 15) is 0 Å². The molecule has 0 spiro atoms. The van der Waals surface area contributed by atoms with Gasteiger partial charge in [0.1, 0.15) is 0 Å². The monoisotopic (exact) mass is 228 g/mol. The zero-order chi connectivity index (χ0) is 9.83. The summed E-state index contributed by atoms with van der Waals surface area (Å²) in [5.74, 6) is 0. The summed E-state index contributed by atoms with van der Waals surface area (Å²) in [6.45, 7) is 6.36. The molecule has 0 aliphatic heterocycles. The summed E-state index contributed by atoms with van der Waals surface area (Å²) in [7, 11) is 0. The van der Waals surface area contributed by atoms with Gasteiger partial charge in [-0.15, -0.1) is 22.2 Å². The van der Waals surface area contributed by atoms with Crippen LogP contribution in [0, 0.1) is 0 Å². The van der Waals surface area contributed by atoms with E-state index in [1.807, 2.05) is 20.8 Å². The van der Waals surface area contributed by atoms with Crippen LogP contribution in [-0.4, -0.2) is 13.5 Å². The molecule has 0 aromatic heterocycles. The Labute approximate surface area is 85.9 Å². The van der Waals surface area contributed by atoms with Crippen molar-refractivity contribution < 1.29 is 4.43 Å². The van der Waals surface area contributed by atoms with E-state index in [0.717, 1.165) is 12.8 Å². The highest BCUT2D eigenvalue weighted by Gasteiger charge is 2.44. The van der Waals surface area contributed by atoms with Gasteiger partial charge in [0.25, 0.3) is 0 Å². The zero-order valence-electron chi connectivity index (χ0n) is 8.29. The fourth-order valence-electron chi connectivity index (χ4n) is 0.561. The Kier molecular flexibility index (Phi) is 5.15. The predicted octanol–water partition coefficient (Wildman–Crippen LogP) is 4.02. The minimum absolute atomic E-state index is 0.107. The smallest absolute Gasteiger partial charge is 0.392 e. The molecule has 0 saturated carbocycles. The van der Waals surface area contributed by atoms with Gasteiger partial charge in [0, 0.05) is 11.6 Å². The Morgan fingerprint density at radius 1 is 1.25 bits per heavy atom.